The Hall–Kier alpha value is -4.50. The van der Waals surface area contributed by atoms with Gasteiger partial charge in [0, 0.05) is 26.3 Å². The van der Waals surface area contributed by atoms with E-state index >= 15 is 0 Å². The van der Waals surface area contributed by atoms with Crippen molar-refractivity contribution in [3.05, 3.63) is 112 Å². The van der Waals surface area contributed by atoms with E-state index in [9.17, 15) is 14.7 Å². The molecule has 9 heteroatoms. The van der Waals surface area contributed by atoms with Crippen LogP contribution in [-0.4, -0.2) is 52.7 Å². The highest BCUT2D eigenvalue weighted by molar-refractivity contribution is 5.85. The number of benzene rings is 2. The van der Waals surface area contributed by atoms with E-state index in [0.717, 1.165) is 30.6 Å². The maximum Gasteiger partial charge on any atom is 0.354 e. The number of aromatic carboxylic acids is 1. The van der Waals surface area contributed by atoms with Crippen molar-refractivity contribution in [1.29, 1.82) is 0 Å². The van der Waals surface area contributed by atoms with E-state index in [2.05, 4.69) is 39.1 Å². The summed E-state index contributed by atoms with van der Waals surface area (Å²) in [5.41, 5.74) is 4.74. The second-order valence-electron chi connectivity index (χ2n) is 9.76. The van der Waals surface area contributed by atoms with Crippen LogP contribution in [0.25, 0.3) is 16.9 Å². The van der Waals surface area contributed by atoms with E-state index in [1.54, 1.807) is 22.4 Å². The zero-order valence-electron chi connectivity index (χ0n) is 21.1. The first kappa shape index (κ1) is 23.9. The summed E-state index contributed by atoms with van der Waals surface area (Å²) in [5, 5.41) is 9.32. The predicted octanol–water partition coefficient (Wildman–Crippen LogP) is 3.66. The molecule has 9 nitrogen and oxygen atoms in total. The van der Waals surface area contributed by atoms with Gasteiger partial charge in [-0.05, 0) is 48.2 Å². The summed E-state index contributed by atoms with van der Waals surface area (Å²) >= 11 is 0. The number of hydrogen-bond acceptors (Lipinski definition) is 5. The first-order chi connectivity index (χ1) is 18.5. The van der Waals surface area contributed by atoms with E-state index < -0.39 is 5.97 Å². The number of aromatic nitrogens is 5. The third-order valence-corrected chi connectivity index (χ3v) is 7.36. The number of carboxylic acid groups (broad SMARTS) is 1. The summed E-state index contributed by atoms with van der Waals surface area (Å²) in [6, 6.07) is 22.2. The molecule has 0 aliphatic carbocycles. The number of hydrogen-bond donors (Lipinski definition) is 1. The van der Waals surface area contributed by atoms with Crippen molar-refractivity contribution in [3.63, 3.8) is 0 Å². The average Bonchev–Trinajstić information content (AvgIpc) is 3.61. The van der Waals surface area contributed by atoms with Crippen molar-refractivity contribution in [2.75, 3.05) is 13.1 Å². The minimum absolute atomic E-state index is 0.0438. The van der Waals surface area contributed by atoms with Gasteiger partial charge >= 0.3 is 11.7 Å². The zero-order valence-corrected chi connectivity index (χ0v) is 21.1. The van der Waals surface area contributed by atoms with Crippen molar-refractivity contribution in [2.24, 2.45) is 7.05 Å². The summed E-state index contributed by atoms with van der Waals surface area (Å²) in [4.78, 5) is 36.3. The van der Waals surface area contributed by atoms with Gasteiger partial charge < -0.3 is 9.67 Å². The highest BCUT2D eigenvalue weighted by atomic mass is 16.4. The third kappa shape index (κ3) is 4.31. The lowest BCUT2D eigenvalue weighted by Crippen LogP contribution is -2.29. The molecule has 0 bridgehead atoms. The molecule has 0 amide bonds. The standard InChI is InChI=1S/C29H28N6O3/c1-32-25(28(36)37)17-31-26(32)19-33-15-13-23(18-33)35-27-24(8-5-14-30-27)34(29(35)38)22-11-9-21(10-12-22)16-20-6-3-2-4-7-20/h2-12,14,17,23H,13,15-16,18-19H2,1H3,(H,36,37)/t23-/m0/s1. The summed E-state index contributed by atoms with van der Waals surface area (Å²) in [6.45, 7) is 1.95. The van der Waals surface area contributed by atoms with Crippen molar-refractivity contribution in [2.45, 2.75) is 25.4 Å². The topological polar surface area (TPSA) is 98.2 Å². The van der Waals surface area contributed by atoms with E-state index in [-0.39, 0.29) is 17.4 Å². The average molecular weight is 509 g/mol. The fourth-order valence-electron chi connectivity index (χ4n) is 5.38. The maximum atomic E-state index is 13.8. The Morgan fingerprint density at radius 1 is 1.00 bits per heavy atom. The van der Waals surface area contributed by atoms with Crippen LogP contribution in [-0.2, 0) is 20.0 Å². The molecule has 1 fully saturated rings. The summed E-state index contributed by atoms with van der Waals surface area (Å²) in [7, 11) is 1.71. The molecule has 1 aliphatic rings. The van der Waals surface area contributed by atoms with Crippen LogP contribution in [0.1, 0.15) is 39.9 Å². The van der Waals surface area contributed by atoms with Gasteiger partial charge in [0.25, 0.3) is 0 Å². The van der Waals surface area contributed by atoms with E-state index in [0.29, 0.717) is 24.6 Å². The smallest absolute Gasteiger partial charge is 0.354 e. The van der Waals surface area contributed by atoms with E-state index in [4.69, 9.17) is 0 Å². The van der Waals surface area contributed by atoms with Crippen LogP contribution in [0.4, 0.5) is 0 Å². The molecule has 0 saturated carbocycles. The number of fused-ring (bicyclic) bond motifs is 1. The number of rotatable bonds is 7. The van der Waals surface area contributed by atoms with Crippen LogP contribution in [0.2, 0.25) is 0 Å². The minimum atomic E-state index is -0.996. The number of pyridine rings is 1. The highest BCUT2D eigenvalue weighted by Gasteiger charge is 2.29. The molecular formula is C29H28N6O3. The summed E-state index contributed by atoms with van der Waals surface area (Å²) in [5.74, 6) is -0.310. The molecule has 1 aliphatic heterocycles. The molecule has 1 atom stereocenters. The monoisotopic (exact) mass is 508 g/mol. The number of imidazole rings is 2. The molecule has 0 unspecified atom stereocenters. The van der Waals surface area contributed by atoms with Crippen LogP contribution in [0.15, 0.2) is 83.9 Å². The molecule has 192 valence electrons. The number of carboxylic acids is 1. The molecule has 3 aromatic heterocycles. The Bertz CT molecular complexity index is 1670. The van der Waals surface area contributed by atoms with Crippen molar-refractivity contribution in [3.8, 4) is 5.69 Å². The second-order valence-corrected chi connectivity index (χ2v) is 9.76. The molecule has 1 N–H and O–H groups in total. The minimum Gasteiger partial charge on any atom is -0.477 e. The lowest BCUT2D eigenvalue weighted by Gasteiger charge is -2.16. The SMILES string of the molecule is Cn1c(C(=O)O)cnc1CN1CC[C@H](n2c(=O)n(-c3ccc(Cc4ccccc4)cc3)c3cccnc32)C1. The first-order valence-electron chi connectivity index (χ1n) is 12.7. The fourth-order valence-corrected chi connectivity index (χ4v) is 5.38. The molecule has 1 saturated heterocycles. The molecule has 5 aromatic rings. The van der Waals surface area contributed by atoms with E-state index in [1.807, 2.05) is 47.0 Å². The van der Waals surface area contributed by atoms with Crippen molar-refractivity contribution >= 4 is 17.1 Å². The lowest BCUT2D eigenvalue weighted by molar-refractivity contribution is 0.0686. The van der Waals surface area contributed by atoms with Crippen molar-refractivity contribution < 1.29 is 9.90 Å². The third-order valence-electron chi connectivity index (χ3n) is 7.36. The van der Waals surface area contributed by atoms with Crippen LogP contribution in [0.5, 0.6) is 0 Å². The van der Waals surface area contributed by atoms with Gasteiger partial charge in [-0.3, -0.25) is 14.0 Å². The van der Waals surface area contributed by atoms with Gasteiger partial charge in [-0.2, -0.15) is 0 Å². The molecule has 4 heterocycles. The Morgan fingerprint density at radius 2 is 1.76 bits per heavy atom. The zero-order chi connectivity index (χ0) is 26.2. The quantitative estimate of drug-likeness (QED) is 0.360. The van der Waals surface area contributed by atoms with Crippen molar-refractivity contribution in [1.82, 2.24) is 28.6 Å². The van der Waals surface area contributed by atoms with Crippen LogP contribution in [0, 0.1) is 0 Å². The highest BCUT2D eigenvalue weighted by Crippen LogP contribution is 2.26. The first-order valence-corrected chi connectivity index (χ1v) is 12.7. The van der Waals surface area contributed by atoms with Gasteiger partial charge in [0.15, 0.2) is 5.65 Å². The molecule has 0 radical (unpaired) electrons. The van der Waals surface area contributed by atoms with Gasteiger partial charge in [-0.15, -0.1) is 0 Å². The molecular weight excluding hydrogens is 480 g/mol. The van der Waals surface area contributed by atoms with Crippen LogP contribution in [0.3, 0.4) is 0 Å². The Kier molecular flexibility index (Phi) is 6.13. The summed E-state index contributed by atoms with van der Waals surface area (Å²) < 4.78 is 5.17. The lowest BCUT2D eigenvalue weighted by atomic mass is 10.0. The number of carbonyl (C=O) groups is 1. The second kappa shape index (κ2) is 9.75. The van der Waals surface area contributed by atoms with Gasteiger partial charge in [0.2, 0.25) is 0 Å². The van der Waals surface area contributed by atoms with Gasteiger partial charge in [-0.1, -0.05) is 42.5 Å². The molecule has 0 spiro atoms. The normalized spacial score (nSPS) is 15.9. The number of nitrogens with zero attached hydrogens (tertiary/aromatic N) is 6. The number of likely N-dealkylation sites (tertiary alicyclic amines) is 1. The summed E-state index contributed by atoms with van der Waals surface area (Å²) in [6.07, 6.45) is 4.74. The Labute approximate surface area is 219 Å². The predicted molar refractivity (Wildman–Crippen MR) is 144 cm³/mol. The van der Waals surface area contributed by atoms with E-state index in [1.165, 1.54) is 17.3 Å². The Morgan fingerprint density at radius 3 is 2.50 bits per heavy atom. The van der Waals surface area contributed by atoms with Crippen LogP contribution >= 0.6 is 0 Å². The molecule has 6 rings (SSSR count). The van der Waals surface area contributed by atoms with Gasteiger partial charge in [0.05, 0.1) is 30.0 Å². The van der Waals surface area contributed by atoms with Gasteiger partial charge in [-0.25, -0.2) is 19.6 Å². The Balaban J connectivity index is 1.28. The molecule has 2 aromatic carbocycles. The molecule has 38 heavy (non-hydrogen) atoms. The largest absolute Gasteiger partial charge is 0.477 e. The van der Waals surface area contributed by atoms with Gasteiger partial charge in [0.1, 0.15) is 11.5 Å². The fraction of sp³-hybridized carbons (Fsp3) is 0.241. The maximum absolute atomic E-state index is 13.8. The van der Waals surface area contributed by atoms with Crippen LogP contribution < -0.4 is 5.69 Å².